The zero-order valence-corrected chi connectivity index (χ0v) is 13.0. The van der Waals surface area contributed by atoms with Crippen LogP contribution in [0.2, 0.25) is 0 Å². The van der Waals surface area contributed by atoms with Crippen molar-refractivity contribution in [1.82, 2.24) is 0 Å². The molecule has 0 aromatic rings. The van der Waals surface area contributed by atoms with Gasteiger partial charge in [0.25, 0.3) is 0 Å². The van der Waals surface area contributed by atoms with Gasteiger partial charge in [-0.25, -0.2) is 0 Å². The maximum absolute atomic E-state index is 2.30. The van der Waals surface area contributed by atoms with Gasteiger partial charge in [-0.15, -0.1) is 0 Å². The van der Waals surface area contributed by atoms with Gasteiger partial charge in [0.2, 0.25) is 0 Å². The zero-order valence-electron chi connectivity index (χ0n) is 10.6. The van der Waals surface area contributed by atoms with E-state index in [1.165, 1.54) is 57.8 Å². The van der Waals surface area contributed by atoms with Crippen molar-refractivity contribution in [1.29, 1.82) is 0 Å². The fraction of sp³-hybridized carbons (Fsp3) is 0.733. The second kappa shape index (κ2) is 11.6. The van der Waals surface area contributed by atoms with E-state index >= 15 is 0 Å². The van der Waals surface area contributed by atoms with Gasteiger partial charge in [0, 0.05) is 20.1 Å². The number of allylic oxidation sites excluding steroid dienone is 4. The molecule has 1 fully saturated rings. The van der Waals surface area contributed by atoms with Crippen molar-refractivity contribution in [3.8, 4) is 0 Å². The number of hydrogen-bond acceptors (Lipinski definition) is 0. The molecular weight excluding hydrogens is 372 g/mol. The SMILES string of the molecule is C1=CCCC=CCC1.CCC1CCCC1.[Ir]. The molecule has 2 rings (SSSR count). The molecule has 2 aliphatic rings. The first-order valence-electron chi connectivity index (χ1n) is 6.73. The summed E-state index contributed by atoms with van der Waals surface area (Å²) in [6, 6.07) is 0. The standard InChI is InChI=1S/C8H12.C7H14.Ir/c1-2-4-6-8-7-5-3-1;1-2-7-5-3-4-6-7;/h1-2,7-8H,3-6H2;7H,2-6H2,1H3;. The van der Waals surface area contributed by atoms with E-state index in [0.717, 1.165) is 5.92 Å². The molecular formula is C15H26Ir. The summed E-state index contributed by atoms with van der Waals surface area (Å²) >= 11 is 0. The molecule has 0 bridgehead atoms. The monoisotopic (exact) mass is 399 g/mol. The molecule has 0 aromatic heterocycles. The van der Waals surface area contributed by atoms with Gasteiger partial charge in [-0.05, 0) is 31.6 Å². The van der Waals surface area contributed by atoms with Crippen LogP contribution in [-0.2, 0) is 20.1 Å². The van der Waals surface area contributed by atoms with Gasteiger partial charge >= 0.3 is 0 Å². The summed E-state index contributed by atoms with van der Waals surface area (Å²) in [7, 11) is 0. The van der Waals surface area contributed by atoms with E-state index in [-0.39, 0.29) is 20.1 Å². The van der Waals surface area contributed by atoms with Gasteiger partial charge in [-0.2, -0.15) is 0 Å². The fourth-order valence-corrected chi connectivity index (χ4v) is 2.27. The van der Waals surface area contributed by atoms with Gasteiger partial charge in [-0.1, -0.05) is 63.3 Å². The maximum atomic E-state index is 2.30. The summed E-state index contributed by atoms with van der Waals surface area (Å²) < 4.78 is 0. The average Bonchev–Trinajstić information content (AvgIpc) is 2.69. The molecule has 1 heteroatoms. The van der Waals surface area contributed by atoms with Crippen LogP contribution in [0.5, 0.6) is 0 Å². The van der Waals surface area contributed by atoms with E-state index in [2.05, 4.69) is 31.2 Å². The summed E-state index contributed by atoms with van der Waals surface area (Å²) in [6.45, 7) is 2.30. The summed E-state index contributed by atoms with van der Waals surface area (Å²) in [5, 5.41) is 0. The van der Waals surface area contributed by atoms with Crippen LogP contribution in [0.25, 0.3) is 0 Å². The molecule has 16 heavy (non-hydrogen) atoms. The van der Waals surface area contributed by atoms with Crippen LogP contribution in [0.3, 0.4) is 0 Å². The van der Waals surface area contributed by atoms with Crippen LogP contribution in [0.15, 0.2) is 24.3 Å². The second-order valence-corrected chi connectivity index (χ2v) is 4.66. The fourth-order valence-electron chi connectivity index (χ4n) is 2.27. The second-order valence-electron chi connectivity index (χ2n) is 4.66. The minimum absolute atomic E-state index is 0. The molecule has 0 aromatic carbocycles. The van der Waals surface area contributed by atoms with Crippen molar-refractivity contribution in [2.75, 3.05) is 0 Å². The van der Waals surface area contributed by atoms with Gasteiger partial charge in [-0.3, -0.25) is 0 Å². The van der Waals surface area contributed by atoms with Crippen molar-refractivity contribution in [3.63, 3.8) is 0 Å². The predicted molar refractivity (Wildman–Crippen MR) is 69.0 cm³/mol. The summed E-state index contributed by atoms with van der Waals surface area (Å²) in [6.07, 6.45) is 21.4. The van der Waals surface area contributed by atoms with Gasteiger partial charge in [0.1, 0.15) is 0 Å². The van der Waals surface area contributed by atoms with Crippen LogP contribution in [0.1, 0.15) is 64.7 Å². The Balaban J connectivity index is 0.000000267. The third-order valence-corrected chi connectivity index (χ3v) is 3.39. The van der Waals surface area contributed by atoms with Gasteiger partial charge < -0.3 is 0 Å². The van der Waals surface area contributed by atoms with E-state index in [1.54, 1.807) is 0 Å². The van der Waals surface area contributed by atoms with Crippen LogP contribution in [0.4, 0.5) is 0 Å². The van der Waals surface area contributed by atoms with E-state index in [4.69, 9.17) is 0 Å². The number of hydrogen-bond donors (Lipinski definition) is 0. The molecule has 0 spiro atoms. The third kappa shape index (κ3) is 8.30. The average molecular weight is 399 g/mol. The molecule has 0 aliphatic heterocycles. The van der Waals surface area contributed by atoms with Crippen molar-refractivity contribution in [3.05, 3.63) is 24.3 Å². The maximum Gasteiger partial charge on any atom is 0 e. The third-order valence-electron chi connectivity index (χ3n) is 3.39. The van der Waals surface area contributed by atoms with E-state index in [1.807, 2.05) is 0 Å². The van der Waals surface area contributed by atoms with E-state index < -0.39 is 0 Å². The van der Waals surface area contributed by atoms with Crippen molar-refractivity contribution in [2.24, 2.45) is 5.92 Å². The molecule has 0 heterocycles. The van der Waals surface area contributed by atoms with Crippen molar-refractivity contribution >= 4 is 0 Å². The number of rotatable bonds is 1. The molecule has 0 saturated heterocycles. The normalized spacial score (nSPS) is 20.3. The van der Waals surface area contributed by atoms with Gasteiger partial charge in [0.15, 0.2) is 0 Å². The Bertz CT molecular complexity index is 162. The van der Waals surface area contributed by atoms with E-state index in [0.29, 0.717) is 0 Å². The van der Waals surface area contributed by atoms with Crippen molar-refractivity contribution < 1.29 is 20.1 Å². The van der Waals surface area contributed by atoms with E-state index in [9.17, 15) is 0 Å². The predicted octanol–water partition coefficient (Wildman–Crippen LogP) is 5.26. The Labute approximate surface area is 115 Å². The summed E-state index contributed by atoms with van der Waals surface area (Å²) in [5.74, 6) is 1.10. The smallest absolute Gasteiger partial charge is 0 e. The zero-order chi connectivity index (χ0) is 10.8. The van der Waals surface area contributed by atoms with Crippen LogP contribution in [-0.4, -0.2) is 0 Å². The molecule has 1 saturated carbocycles. The largest absolute Gasteiger partial charge is 0.0882 e. The minimum atomic E-state index is 0. The Kier molecular flexibility index (Phi) is 11.7. The molecule has 0 atom stereocenters. The summed E-state index contributed by atoms with van der Waals surface area (Å²) in [5.41, 5.74) is 0. The Morgan fingerprint density at radius 2 is 1.19 bits per heavy atom. The first-order valence-corrected chi connectivity index (χ1v) is 6.73. The first-order chi connectivity index (χ1) is 7.43. The Morgan fingerprint density at radius 3 is 1.44 bits per heavy atom. The Hall–Kier alpha value is 0.129. The molecule has 95 valence electrons. The minimum Gasteiger partial charge on any atom is -0.0882 e. The van der Waals surface area contributed by atoms with Crippen LogP contribution >= 0.6 is 0 Å². The van der Waals surface area contributed by atoms with Gasteiger partial charge in [0.05, 0.1) is 0 Å². The topological polar surface area (TPSA) is 0 Å². The molecule has 0 nitrogen and oxygen atoms in total. The molecule has 0 unspecified atom stereocenters. The van der Waals surface area contributed by atoms with Crippen molar-refractivity contribution in [2.45, 2.75) is 64.7 Å². The van der Waals surface area contributed by atoms with Crippen LogP contribution in [0, 0.1) is 5.92 Å². The summed E-state index contributed by atoms with van der Waals surface area (Å²) in [4.78, 5) is 0. The molecule has 0 N–H and O–H groups in total. The van der Waals surface area contributed by atoms with Crippen LogP contribution < -0.4 is 0 Å². The Morgan fingerprint density at radius 1 is 0.812 bits per heavy atom. The quantitative estimate of drug-likeness (QED) is 0.529. The molecule has 1 radical (unpaired) electrons. The molecule has 2 aliphatic carbocycles. The first kappa shape index (κ1) is 16.1. The molecule has 0 amide bonds.